The van der Waals surface area contributed by atoms with Crippen LogP contribution in [-0.2, 0) is 24.2 Å². The minimum absolute atomic E-state index is 0.0432. The first-order valence-corrected chi connectivity index (χ1v) is 11.5. The van der Waals surface area contributed by atoms with Crippen LogP contribution in [0.15, 0.2) is 59.6 Å². The molecule has 0 aliphatic carbocycles. The Balaban J connectivity index is 1.31. The average molecular weight is 480 g/mol. The summed E-state index contributed by atoms with van der Waals surface area (Å²) >= 11 is 0. The third-order valence-electron chi connectivity index (χ3n) is 6.18. The summed E-state index contributed by atoms with van der Waals surface area (Å²) in [5.74, 6) is -2.08. The highest BCUT2D eigenvalue weighted by atomic mass is 19.1. The van der Waals surface area contributed by atoms with Crippen molar-refractivity contribution in [2.45, 2.75) is 19.5 Å². The number of benzene rings is 3. The third kappa shape index (κ3) is 5.44. The van der Waals surface area contributed by atoms with Crippen molar-refractivity contribution in [2.75, 3.05) is 26.3 Å². The van der Waals surface area contributed by atoms with E-state index in [0.717, 1.165) is 41.4 Å². The number of carbonyl (C=O) groups is 1. The highest BCUT2D eigenvalue weighted by molar-refractivity contribution is 6.14. The van der Waals surface area contributed by atoms with Crippen molar-refractivity contribution in [1.82, 2.24) is 10.2 Å². The van der Waals surface area contributed by atoms with Gasteiger partial charge >= 0.3 is 0 Å². The maximum atomic E-state index is 14.5. The van der Waals surface area contributed by atoms with Gasteiger partial charge in [0.1, 0.15) is 23.3 Å². The van der Waals surface area contributed by atoms with Gasteiger partial charge in [0, 0.05) is 31.3 Å². The zero-order valence-electron chi connectivity index (χ0n) is 19.0. The molecule has 0 unspecified atom stereocenters. The summed E-state index contributed by atoms with van der Waals surface area (Å²) in [7, 11) is 0. The number of amides is 1. The highest BCUT2D eigenvalue weighted by Crippen LogP contribution is 2.23. The van der Waals surface area contributed by atoms with E-state index in [1.165, 1.54) is 18.2 Å². The van der Waals surface area contributed by atoms with E-state index < -0.39 is 23.4 Å². The predicted molar refractivity (Wildman–Crippen MR) is 126 cm³/mol. The monoisotopic (exact) mass is 479 g/mol. The molecule has 8 heteroatoms. The van der Waals surface area contributed by atoms with Gasteiger partial charge in [-0.1, -0.05) is 18.2 Å². The number of hydrogen-bond donors (Lipinski definition) is 1. The molecule has 1 amide bonds. The highest BCUT2D eigenvalue weighted by Gasteiger charge is 2.22. The summed E-state index contributed by atoms with van der Waals surface area (Å²) in [5, 5.41) is 2.75. The van der Waals surface area contributed by atoms with Crippen molar-refractivity contribution < 1.29 is 22.7 Å². The van der Waals surface area contributed by atoms with Crippen LogP contribution < -0.4 is 5.32 Å². The van der Waals surface area contributed by atoms with Gasteiger partial charge in [-0.25, -0.2) is 13.2 Å². The first kappa shape index (κ1) is 23.3. The lowest BCUT2D eigenvalue weighted by molar-refractivity contribution is 0.0341. The molecule has 0 atom stereocenters. The van der Waals surface area contributed by atoms with Crippen LogP contribution in [-0.4, -0.2) is 42.9 Å². The molecule has 2 aliphatic rings. The number of carbonyl (C=O) groups excluding carboxylic acids is 1. The summed E-state index contributed by atoms with van der Waals surface area (Å²) < 4.78 is 47.0. The van der Waals surface area contributed by atoms with Crippen LogP contribution >= 0.6 is 0 Å². The zero-order chi connectivity index (χ0) is 24.4. The Bertz CT molecular complexity index is 1280. The Morgan fingerprint density at radius 1 is 0.914 bits per heavy atom. The van der Waals surface area contributed by atoms with Crippen LogP contribution in [0.3, 0.4) is 0 Å². The van der Waals surface area contributed by atoms with Crippen molar-refractivity contribution in [3.05, 3.63) is 105 Å². The maximum Gasteiger partial charge on any atom is 0.259 e. The molecule has 0 aromatic heterocycles. The van der Waals surface area contributed by atoms with Crippen LogP contribution in [0.5, 0.6) is 0 Å². The van der Waals surface area contributed by atoms with Crippen LogP contribution in [0.4, 0.5) is 13.2 Å². The van der Waals surface area contributed by atoms with Crippen molar-refractivity contribution in [3.8, 4) is 0 Å². The molecule has 5 rings (SSSR count). The molecule has 0 bridgehead atoms. The predicted octanol–water partition coefficient (Wildman–Crippen LogP) is 4.22. The van der Waals surface area contributed by atoms with E-state index in [2.05, 4.69) is 15.2 Å². The summed E-state index contributed by atoms with van der Waals surface area (Å²) in [6.45, 7) is 3.89. The molecule has 2 aliphatic heterocycles. The Hall–Kier alpha value is -3.49. The smallest absolute Gasteiger partial charge is 0.259 e. The van der Waals surface area contributed by atoms with Gasteiger partial charge in [-0.05, 0) is 59.0 Å². The van der Waals surface area contributed by atoms with Gasteiger partial charge in [0.25, 0.3) is 5.91 Å². The third-order valence-corrected chi connectivity index (χ3v) is 6.18. The Labute approximate surface area is 201 Å². The molecule has 1 N–H and O–H groups in total. The van der Waals surface area contributed by atoms with E-state index in [4.69, 9.17) is 4.74 Å². The lowest BCUT2D eigenvalue weighted by Gasteiger charge is -2.26. The first-order chi connectivity index (χ1) is 16.9. The molecule has 5 nitrogen and oxygen atoms in total. The summed E-state index contributed by atoms with van der Waals surface area (Å²) in [6, 6.07) is 13.6. The van der Waals surface area contributed by atoms with Crippen molar-refractivity contribution >= 4 is 11.7 Å². The van der Waals surface area contributed by atoms with Crippen LogP contribution in [0.25, 0.3) is 0 Å². The molecule has 2 heterocycles. The molecule has 1 fully saturated rings. The zero-order valence-corrected chi connectivity index (χ0v) is 19.0. The second-order valence-corrected chi connectivity index (χ2v) is 8.77. The topological polar surface area (TPSA) is 53.9 Å². The van der Waals surface area contributed by atoms with Gasteiger partial charge in [-0.2, -0.15) is 0 Å². The van der Waals surface area contributed by atoms with Crippen molar-refractivity contribution in [3.63, 3.8) is 0 Å². The van der Waals surface area contributed by atoms with Gasteiger partial charge in [0.05, 0.1) is 25.3 Å². The van der Waals surface area contributed by atoms with E-state index in [0.29, 0.717) is 44.1 Å². The number of nitrogens with one attached hydrogen (secondary N) is 1. The molecule has 3 aromatic rings. The summed E-state index contributed by atoms with van der Waals surface area (Å²) in [6.07, 6.45) is 0.321. The minimum atomic E-state index is -0.631. The SMILES string of the molecule is O=C(NC1=NCc2ccc(Cc3cc(F)cc(F)c3)cc21)c1cc(CN2CCOCC2)ccc1F. The lowest BCUT2D eigenvalue weighted by atomic mass is 9.99. The van der Waals surface area contributed by atoms with Gasteiger partial charge < -0.3 is 10.1 Å². The molecule has 180 valence electrons. The molecule has 0 saturated carbocycles. The molecule has 3 aromatic carbocycles. The largest absolute Gasteiger partial charge is 0.379 e. The van der Waals surface area contributed by atoms with E-state index in [-0.39, 0.29) is 5.56 Å². The Morgan fingerprint density at radius 3 is 2.43 bits per heavy atom. The number of rotatable bonds is 5. The molecule has 1 saturated heterocycles. The standard InChI is InChI=1S/C27H24F3N3O2/c28-21-10-19(11-22(29)14-21)9-17-1-3-20-15-31-26(23(20)12-17)32-27(34)24-13-18(2-4-25(24)30)16-33-5-7-35-8-6-33/h1-4,10-14H,5-9,15-16H2,(H,31,32,34). The van der Waals surface area contributed by atoms with E-state index >= 15 is 0 Å². The number of ether oxygens (including phenoxy) is 1. The number of halogens is 3. The van der Waals surface area contributed by atoms with E-state index in [1.54, 1.807) is 12.1 Å². The normalized spacial score (nSPS) is 15.6. The average Bonchev–Trinajstić information content (AvgIpc) is 3.22. The number of hydrogen-bond acceptors (Lipinski definition) is 4. The second kappa shape index (κ2) is 10.0. The second-order valence-electron chi connectivity index (χ2n) is 8.77. The van der Waals surface area contributed by atoms with E-state index in [9.17, 15) is 18.0 Å². The molecular weight excluding hydrogens is 455 g/mol. The Morgan fingerprint density at radius 2 is 1.66 bits per heavy atom. The molecule has 0 spiro atoms. The van der Waals surface area contributed by atoms with Gasteiger partial charge in [-0.15, -0.1) is 0 Å². The van der Waals surface area contributed by atoms with Crippen LogP contribution in [0, 0.1) is 17.5 Å². The number of aliphatic imine (C=N–C) groups is 1. The molecular formula is C27H24F3N3O2. The minimum Gasteiger partial charge on any atom is -0.379 e. The molecule has 0 radical (unpaired) electrons. The molecule has 35 heavy (non-hydrogen) atoms. The first-order valence-electron chi connectivity index (χ1n) is 11.5. The maximum absolute atomic E-state index is 14.5. The van der Waals surface area contributed by atoms with Crippen molar-refractivity contribution in [1.29, 1.82) is 0 Å². The number of nitrogens with zero attached hydrogens (tertiary/aromatic N) is 2. The van der Waals surface area contributed by atoms with E-state index in [1.807, 2.05) is 18.2 Å². The fourth-order valence-electron chi connectivity index (χ4n) is 4.43. The van der Waals surface area contributed by atoms with Crippen LogP contribution in [0.2, 0.25) is 0 Å². The fraction of sp³-hybridized carbons (Fsp3) is 0.259. The summed E-state index contributed by atoms with van der Waals surface area (Å²) in [5.41, 5.74) is 3.75. The van der Waals surface area contributed by atoms with Gasteiger partial charge in [0.15, 0.2) is 0 Å². The van der Waals surface area contributed by atoms with Gasteiger partial charge in [0.2, 0.25) is 0 Å². The van der Waals surface area contributed by atoms with Gasteiger partial charge in [-0.3, -0.25) is 14.7 Å². The number of fused-ring (bicyclic) bond motifs is 1. The van der Waals surface area contributed by atoms with Crippen molar-refractivity contribution in [2.24, 2.45) is 4.99 Å². The fourth-order valence-corrected chi connectivity index (χ4v) is 4.43. The summed E-state index contributed by atoms with van der Waals surface area (Å²) in [4.78, 5) is 19.6. The quantitative estimate of drug-likeness (QED) is 0.597. The lowest BCUT2D eigenvalue weighted by Crippen LogP contribution is -2.35. The Kier molecular flexibility index (Phi) is 6.66. The number of amidine groups is 1. The van der Waals surface area contributed by atoms with Crippen LogP contribution in [0.1, 0.15) is 38.2 Å². The number of morpholine rings is 1.